The van der Waals surface area contributed by atoms with E-state index in [1.54, 1.807) is 0 Å². The topological polar surface area (TPSA) is 152 Å². The van der Waals surface area contributed by atoms with Gasteiger partial charge in [-0.1, -0.05) is 0 Å². The Morgan fingerprint density at radius 2 is 1.50 bits per heavy atom. The average Bonchev–Trinajstić information content (AvgIpc) is 1.95. The van der Waals surface area contributed by atoms with Crippen LogP contribution in [0, 0.1) is 0 Å². The first-order chi connectivity index (χ1) is 6.95. The van der Waals surface area contributed by atoms with Crippen molar-refractivity contribution in [2.75, 3.05) is 14.1 Å². The molecule has 4 N–H and O–H groups in total. The molecule has 0 spiro atoms. The van der Waals surface area contributed by atoms with Gasteiger partial charge in [-0.15, -0.1) is 0 Å². The summed E-state index contributed by atoms with van der Waals surface area (Å²) in [6, 6.07) is -0.938. The maximum atomic E-state index is 10.4. The molecule has 1 atom stereocenters. The van der Waals surface area contributed by atoms with Gasteiger partial charge in [-0.05, 0) is 14.1 Å². The lowest BCUT2D eigenvalue weighted by Gasteiger charge is -2.17. The van der Waals surface area contributed by atoms with E-state index < -0.39 is 28.4 Å². The summed E-state index contributed by atoms with van der Waals surface area (Å²) >= 11 is 0. The lowest BCUT2D eigenvalue weighted by molar-refractivity contribution is -0.148. The van der Waals surface area contributed by atoms with Crippen molar-refractivity contribution in [3.63, 3.8) is 0 Å². The summed E-state index contributed by atoms with van der Waals surface area (Å²) in [5, 5.41) is 16.8. The van der Waals surface area contributed by atoms with Crippen molar-refractivity contribution in [3.8, 4) is 0 Å². The molecule has 96 valence electrons. The van der Waals surface area contributed by atoms with Crippen LogP contribution in [0.3, 0.4) is 0 Å². The molecule has 10 heteroatoms. The SMILES string of the molecule is CN(C)[C@@H](CC(=O)O)C(=O)O.O=S(=O)(O)O. The fourth-order valence-electron chi connectivity index (χ4n) is 0.656. The number of nitrogens with zero attached hydrogens (tertiary/aromatic N) is 1. The number of carboxylic acid groups (broad SMARTS) is 2. The minimum atomic E-state index is -4.67. The van der Waals surface area contributed by atoms with Crippen molar-refractivity contribution in [1.29, 1.82) is 0 Å². The van der Waals surface area contributed by atoms with E-state index in [1.165, 1.54) is 19.0 Å². The Bertz CT molecular complexity index is 326. The molecular weight excluding hydrogens is 246 g/mol. The zero-order valence-corrected chi connectivity index (χ0v) is 9.38. The average molecular weight is 259 g/mol. The van der Waals surface area contributed by atoms with Crippen LogP contribution in [0.1, 0.15) is 6.42 Å². The quantitative estimate of drug-likeness (QED) is 0.457. The molecule has 0 aliphatic rings. The maximum Gasteiger partial charge on any atom is 0.394 e. The summed E-state index contributed by atoms with van der Waals surface area (Å²) in [7, 11) is -1.61. The zero-order chi connectivity index (χ0) is 13.5. The lowest BCUT2D eigenvalue weighted by atomic mass is 10.2. The van der Waals surface area contributed by atoms with Gasteiger partial charge in [-0.2, -0.15) is 8.42 Å². The molecule has 0 radical (unpaired) electrons. The lowest BCUT2D eigenvalue weighted by Crippen LogP contribution is -2.37. The molecule has 0 aliphatic heterocycles. The second-order valence-corrected chi connectivity index (χ2v) is 3.76. The molecule has 0 fully saturated rings. The summed E-state index contributed by atoms with van der Waals surface area (Å²) in [4.78, 5) is 21.9. The van der Waals surface area contributed by atoms with Gasteiger partial charge >= 0.3 is 22.3 Å². The Morgan fingerprint density at radius 1 is 1.19 bits per heavy atom. The van der Waals surface area contributed by atoms with Crippen LogP contribution in [-0.4, -0.2) is 64.7 Å². The van der Waals surface area contributed by atoms with Crippen molar-refractivity contribution < 1.29 is 37.3 Å². The van der Waals surface area contributed by atoms with Gasteiger partial charge in [0, 0.05) is 0 Å². The number of likely N-dealkylation sites (N-methyl/N-ethyl adjacent to an activating group) is 1. The summed E-state index contributed by atoms with van der Waals surface area (Å²) < 4.78 is 31.6. The molecule has 0 saturated heterocycles. The number of hydrogen-bond donors (Lipinski definition) is 4. The van der Waals surface area contributed by atoms with Crippen molar-refractivity contribution in [2.45, 2.75) is 12.5 Å². The molecular formula is C6H13NO8S. The Morgan fingerprint density at radius 3 is 1.56 bits per heavy atom. The predicted molar refractivity (Wildman–Crippen MR) is 51.5 cm³/mol. The van der Waals surface area contributed by atoms with Gasteiger partial charge in [0.2, 0.25) is 0 Å². The molecule has 0 aliphatic carbocycles. The van der Waals surface area contributed by atoms with Crippen LogP contribution >= 0.6 is 0 Å². The van der Waals surface area contributed by atoms with Crippen molar-refractivity contribution >= 4 is 22.3 Å². The van der Waals surface area contributed by atoms with E-state index in [9.17, 15) is 9.59 Å². The largest absolute Gasteiger partial charge is 0.481 e. The van der Waals surface area contributed by atoms with Crippen LogP contribution in [0.5, 0.6) is 0 Å². The van der Waals surface area contributed by atoms with E-state index >= 15 is 0 Å². The van der Waals surface area contributed by atoms with E-state index in [1.807, 2.05) is 0 Å². The fourth-order valence-corrected chi connectivity index (χ4v) is 0.656. The molecule has 16 heavy (non-hydrogen) atoms. The molecule has 0 unspecified atom stereocenters. The van der Waals surface area contributed by atoms with Gasteiger partial charge < -0.3 is 10.2 Å². The van der Waals surface area contributed by atoms with E-state index in [-0.39, 0.29) is 6.42 Å². The van der Waals surface area contributed by atoms with Crippen LogP contribution < -0.4 is 0 Å². The highest BCUT2D eigenvalue weighted by molar-refractivity contribution is 7.79. The van der Waals surface area contributed by atoms with Gasteiger partial charge in [0.1, 0.15) is 6.04 Å². The standard InChI is InChI=1S/C6H11NO4.H2O4S/c1-7(2)4(6(10)11)3-5(8)9;1-5(2,3)4/h4H,3H2,1-2H3,(H,8,9)(H,10,11);(H2,1,2,3,4)/t4-;/m0./s1. The summed E-state index contributed by atoms with van der Waals surface area (Å²) in [6.45, 7) is 0. The minimum absolute atomic E-state index is 0.373. The Labute approximate surface area is 91.9 Å². The number of carboxylic acids is 2. The van der Waals surface area contributed by atoms with Crippen LogP contribution in [0.4, 0.5) is 0 Å². The molecule has 0 aromatic heterocycles. The van der Waals surface area contributed by atoms with Crippen molar-refractivity contribution in [2.24, 2.45) is 0 Å². The number of aliphatic carboxylic acids is 2. The molecule has 0 aromatic rings. The smallest absolute Gasteiger partial charge is 0.394 e. The number of hydrogen-bond acceptors (Lipinski definition) is 5. The first kappa shape index (κ1) is 17.2. The third-order valence-corrected chi connectivity index (χ3v) is 1.28. The number of rotatable bonds is 4. The summed E-state index contributed by atoms with van der Waals surface area (Å²) in [5.41, 5.74) is 0. The second-order valence-electron chi connectivity index (χ2n) is 2.86. The van der Waals surface area contributed by atoms with Crippen LogP contribution in [-0.2, 0) is 20.0 Å². The Balaban J connectivity index is 0. The normalized spacial score (nSPS) is 12.6. The fraction of sp³-hybridized carbons (Fsp3) is 0.667. The molecule has 0 saturated carbocycles. The van der Waals surface area contributed by atoms with Gasteiger partial charge in [0.05, 0.1) is 6.42 Å². The second kappa shape index (κ2) is 7.11. The molecule has 0 amide bonds. The van der Waals surface area contributed by atoms with E-state index in [0.717, 1.165) is 0 Å². The molecule has 0 heterocycles. The molecule has 0 bridgehead atoms. The van der Waals surface area contributed by atoms with Crippen LogP contribution in [0.25, 0.3) is 0 Å². The van der Waals surface area contributed by atoms with Gasteiger partial charge in [-0.25, -0.2) is 0 Å². The van der Waals surface area contributed by atoms with E-state index in [4.69, 9.17) is 27.7 Å². The molecule has 9 nitrogen and oxygen atoms in total. The van der Waals surface area contributed by atoms with Gasteiger partial charge in [-0.3, -0.25) is 23.6 Å². The Hall–Kier alpha value is -1.23. The van der Waals surface area contributed by atoms with Gasteiger partial charge in [0.25, 0.3) is 0 Å². The highest BCUT2D eigenvalue weighted by atomic mass is 32.3. The number of carbonyl (C=O) groups is 2. The minimum Gasteiger partial charge on any atom is -0.481 e. The van der Waals surface area contributed by atoms with E-state index in [2.05, 4.69) is 0 Å². The predicted octanol–water partition coefficient (Wildman–Crippen LogP) is -1.18. The highest BCUT2D eigenvalue weighted by Crippen LogP contribution is 1.99. The first-order valence-corrected chi connectivity index (χ1v) is 5.15. The summed E-state index contributed by atoms with van der Waals surface area (Å²) in [6.07, 6.45) is -0.373. The van der Waals surface area contributed by atoms with Crippen molar-refractivity contribution in [3.05, 3.63) is 0 Å². The third kappa shape index (κ3) is 15.3. The van der Waals surface area contributed by atoms with Crippen LogP contribution in [0.2, 0.25) is 0 Å². The third-order valence-electron chi connectivity index (χ3n) is 1.28. The monoisotopic (exact) mass is 259 g/mol. The molecule has 0 aromatic carbocycles. The maximum absolute atomic E-state index is 10.4. The highest BCUT2D eigenvalue weighted by Gasteiger charge is 2.22. The van der Waals surface area contributed by atoms with Gasteiger partial charge in [0.15, 0.2) is 0 Å². The molecule has 0 rings (SSSR count). The summed E-state index contributed by atoms with van der Waals surface area (Å²) in [5.74, 6) is -2.22. The Kier molecular flexibility index (Phi) is 7.63. The first-order valence-electron chi connectivity index (χ1n) is 3.76. The van der Waals surface area contributed by atoms with Crippen LogP contribution in [0.15, 0.2) is 0 Å². The van der Waals surface area contributed by atoms with E-state index in [0.29, 0.717) is 0 Å². The zero-order valence-electron chi connectivity index (χ0n) is 8.56. The van der Waals surface area contributed by atoms with Crippen molar-refractivity contribution in [1.82, 2.24) is 4.90 Å².